The van der Waals surface area contributed by atoms with Crippen molar-refractivity contribution in [3.8, 4) is 0 Å². The summed E-state index contributed by atoms with van der Waals surface area (Å²) in [5, 5.41) is 2.78. The van der Waals surface area contributed by atoms with Gasteiger partial charge in [-0.25, -0.2) is 8.42 Å². The van der Waals surface area contributed by atoms with Gasteiger partial charge in [0, 0.05) is 12.2 Å². The predicted octanol–water partition coefficient (Wildman–Crippen LogP) is 2.24. The van der Waals surface area contributed by atoms with Crippen molar-refractivity contribution in [1.29, 1.82) is 0 Å². The second-order valence-electron chi connectivity index (χ2n) is 6.50. The van der Waals surface area contributed by atoms with Gasteiger partial charge in [0.1, 0.15) is 6.10 Å². The van der Waals surface area contributed by atoms with Crippen molar-refractivity contribution in [2.75, 3.05) is 16.6 Å². The average molecular weight is 389 g/mol. The van der Waals surface area contributed by atoms with Gasteiger partial charge in [0.2, 0.25) is 0 Å². The Morgan fingerprint density at radius 1 is 1.19 bits per heavy atom. The number of sulfonamides is 1. The maximum Gasteiger partial charge on any atom is 0.261 e. The number of ether oxygens (including phenoxy) is 1. The molecule has 4 N–H and O–H groups in total. The maximum atomic E-state index is 12.5. The monoisotopic (exact) mass is 389 g/mol. The molecule has 2 aromatic carbocycles. The molecule has 2 atom stereocenters. The fraction of sp³-hybridized carbons (Fsp3) is 0.316. The Hall–Kier alpha value is -2.42. The van der Waals surface area contributed by atoms with Gasteiger partial charge in [-0.15, -0.1) is 0 Å². The summed E-state index contributed by atoms with van der Waals surface area (Å²) >= 11 is 0. The van der Waals surface area contributed by atoms with Crippen molar-refractivity contribution in [2.24, 2.45) is 5.73 Å². The molecule has 1 heterocycles. The van der Waals surface area contributed by atoms with E-state index < -0.39 is 16.1 Å². The van der Waals surface area contributed by atoms with Crippen LogP contribution >= 0.6 is 0 Å². The van der Waals surface area contributed by atoms with Crippen LogP contribution in [0.5, 0.6) is 0 Å². The third-order valence-corrected chi connectivity index (χ3v) is 5.85. The van der Waals surface area contributed by atoms with Gasteiger partial charge in [-0.2, -0.15) is 0 Å². The fourth-order valence-electron chi connectivity index (χ4n) is 2.91. The Balaban J connectivity index is 1.74. The van der Waals surface area contributed by atoms with E-state index in [1.165, 1.54) is 12.1 Å². The third kappa shape index (κ3) is 4.65. The molecule has 1 aliphatic rings. The minimum atomic E-state index is -3.71. The van der Waals surface area contributed by atoms with Crippen LogP contribution < -0.4 is 15.8 Å². The lowest BCUT2D eigenvalue weighted by Crippen LogP contribution is -2.29. The number of aryl methyl sites for hydroxylation is 1. The largest absolute Gasteiger partial charge is 0.364 e. The van der Waals surface area contributed by atoms with Crippen LogP contribution in [-0.4, -0.2) is 33.1 Å². The smallest absolute Gasteiger partial charge is 0.261 e. The minimum Gasteiger partial charge on any atom is -0.364 e. The van der Waals surface area contributed by atoms with E-state index in [1.54, 1.807) is 43.3 Å². The number of carbonyl (C=O) groups is 1. The maximum absolute atomic E-state index is 12.5. The van der Waals surface area contributed by atoms with E-state index in [1.807, 2.05) is 0 Å². The molecule has 0 aliphatic carbocycles. The van der Waals surface area contributed by atoms with Crippen LogP contribution in [0.15, 0.2) is 53.4 Å². The molecule has 7 nitrogen and oxygen atoms in total. The average Bonchev–Trinajstić information content (AvgIpc) is 3.14. The Labute approximate surface area is 159 Å². The molecule has 0 aromatic heterocycles. The summed E-state index contributed by atoms with van der Waals surface area (Å²) < 4.78 is 33.2. The van der Waals surface area contributed by atoms with Crippen molar-refractivity contribution in [3.63, 3.8) is 0 Å². The quantitative estimate of drug-likeness (QED) is 0.702. The van der Waals surface area contributed by atoms with E-state index >= 15 is 0 Å². The highest BCUT2D eigenvalue weighted by atomic mass is 32.2. The van der Waals surface area contributed by atoms with Crippen LogP contribution in [0.2, 0.25) is 0 Å². The molecule has 1 aliphatic heterocycles. The van der Waals surface area contributed by atoms with Crippen molar-refractivity contribution < 1.29 is 17.9 Å². The van der Waals surface area contributed by atoms with Gasteiger partial charge >= 0.3 is 0 Å². The summed E-state index contributed by atoms with van der Waals surface area (Å²) in [6.07, 6.45) is 0.744. The zero-order valence-corrected chi connectivity index (χ0v) is 15.8. The fourth-order valence-corrected chi connectivity index (χ4v) is 4.05. The lowest BCUT2D eigenvalue weighted by molar-refractivity contribution is -0.126. The number of hydrogen-bond acceptors (Lipinski definition) is 5. The van der Waals surface area contributed by atoms with Gasteiger partial charge in [-0.05, 0) is 49.6 Å². The number of nitrogens with one attached hydrogen (secondary N) is 2. The molecule has 8 heteroatoms. The number of hydrogen-bond donors (Lipinski definition) is 3. The first-order valence-electron chi connectivity index (χ1n) is 8.74. The van der Waals surface area contributed by atoms with Crippen LogP contribution in [0.25, 0.3) is 0 Å². The van der Waals surface area contributed by atoms with E-state index in [2.05, 4.69) is 10.0 Å². The highest BCUT2D eigenvalue weighted by Gasteiger charge is 2.30. The molecule has 0 spiro atoms. The standard InChI is InChI=1S/C19H23N3O4S/c1-13-7-8-14(21-19(23)18-10-9-15(12-20)26-18)11-17(13)22-27(24,25)16-5-3-2-4-6-16/h2-8,11,15,18,22H,9-10,12,20H2,1H3,(H,21,23)/t15-,18+/m1/s1. The van der Waals surface area contributed by atoms with Crippen LogP contribution in [0, 0.1) is 6.92 Å². The first-order valence-corrected chi connectivity index (χ1v) is 10.2. The summed E-state index contributed by atoms with van der Waals surface area (Å²) in [7, 11) is -3.71. The molecule has 2 aromatic rings. The van der Waals surface area contributed by atoms with Gasteiger partial charge in [0.25, 0.3) is 15.9 Å². The Morgan fingerprint density at radius 2 is 1.93 bits per heavy atom. The van der Waals surface area contributed by atoms with Gasteiger partial charge < -0.3 is 15.8 Å². The molecule has 0 radical (unpaired) electrons. The molecule has 1 amide bonds. The second-order valence-corrected chi connectivity index (χ2v) is 8.18. The first-order chi connectivity index (χ1) is 12.9. The molecule has 0 unspecified atom stereocenters. The number of rotatable bonds is 6. The van der Waals surface area contributed by atoms with Gasteiger partial charge in [-0.1, -0.05) is 24.3 Å². The summed E-state index contributed by atoms with van der Waals surface area (Å²) in [5.41, 5.74) is 7.22. The molecular formula is C19H23N3O4S. The molecule has 0 bridgehead atoms. The highest BCUT2D eigenvalue weighted by Crippen LogP contribution is 2.25. The normalized spacial score (nSPS) is 19.6. The number of benzene rings is 2. The number of nitrogens with two attached hydrogens (primary N) is 1. The molecule has 1 saturated heterocycles. The van der Waals surface area contributed by atoms with Crippen LogP contribution in [-0.2, 0) is 19.6 Å². The SMILES string of the molecule is Cc1ccc(NC(=O)[C@@H]2CC[C@H](CN)O2)cc1NS(=O)(=O)c1ccccc1. The topological polar surface area (TPSA) is 111 Å². The highest BCUT2D eigenvalue weighted by molar-refractivity contribution is 7.92. The second kappa shape index (κ2) is 8.08. The number of amides is 1. The van der Waals surface area contributed by atoms with E-state index in [0.717, 1.165) is 12.0 Å². The molecule has 1 fully saturated rings. The van der Waals surface area contributed by atoms with Crippen molar-refractivity contribution in [3.05, 3.63) is 54.1 Å². The van der Waals surface area contributed by atoms with Gasteiger partial charge in [0.05, 0.1) is 16.7 Å². The molecule has 144 valence electrons. The summed E-state index contributed by atoms with van der Waals surface area (Å²) in [6, 6.07) is 13.2. The van der Waals surface area contributed by atoms with Gasteiger partial charge in [0.15, 0.2) is 0 Å². The van der Waals surface area contributed by atoms with E-state index in [-0.39, 0.29) is 16.9 Å². The number of carbonyl (C=O) groups excluding carboxylic acids is 1. The Bertz CT molecular complexity index is 916. The lowest BCUT2D eigenvalue weighted by atomic mass is 10.1. The first kappa shape index (κ1) is 19.3. The number of anilines is 2. The van der Waals surface area contributed by atoms with Crippen molar-refractivity contribution in [2.45, 2.75) is 36.9 Å². The van der Waals surface area contributed by atoms with Crippen LogP contribution in [0.3, 0.4) is 0 Å². The van der Waals surface area contributed by atoms with Crippen molar-refractivity contribution in [1.82, 2.24) is 0 Å². The van der Waals surface area contributed by atoms with Crippen molar-refractivity contribution >= 4 is 27.3 Å². The van der Waals surface area contributed by atoms with Gasteiger partial charge in [-0.3, -0.25) is 9.52 Å². The summed E-state index contributed by atoms with van der Waals surface area (Å²) in [4.78, 5) is 12.5. The van der Waals surface area contributed by atoms with E-state index in [4.69, 9.17) is 10.5 Å². The van der Waals surface area contributed by atoms with E-state index in [0.29, 0.717) is 24.3 Å². The predicted molar refractivity (Wildman–Crippen MR) is 104 cm³/mol. The minimum absolute atomic E-state index is 0.0907. The molecule has 0 saturated carbocycles. The Kier molecular flexibility index (Phi) is 5.79. The summed E-state index contributed by atoms with van der Waals surface area (Å²) in [6.45, 7) is 2.18. The summed E-state index contributed by atoms with van der Waals surface area (Å²) in [5.74, 6) is -0.258. The van der Waals surface area contributed by atoms with Crippen LogP contribution in [0.4, 0.5) is 11.4 Å². The molecule has 3 rings (SSSR count). The lowest BCUT2D eigenvalue weighted by Gasteiger charge is -2.15. The molecular weight excluding hydrogens is 366 g/mol. The zero-order valence-electron chi connectivity index (χ0n) is 15.0. The molecule has 27 heavy (non-hydrogen) atoms. The van der Waals surface area contributed by atoms with Crippen LogP contribution in [0.1, 0.15) is 18.4 Å². The van der Waals surface area contributed by atoms with E-state index in [9.17, 15) is 13.2 Å². The third-order valence-electron chi connectivity index (χ3n) is 4.47. The zero-order chi connectivity index (χ0) is 19.4. The Morgan fingerprint density at radius 3 is 2.59 bits per heavy atom.